The molecule has 0 saturated carbocycles. The third-order valence-corrected chi connectivity index (χ3v) is 7.73. The molecule has 0 aromatic carbocycles. The highest BCUT2D eigenvalue weighted by Crippen LogP contribution is 2.45. The van der Waals surface area contributed by atoms with Gasteiger partial charge in [-0.25, -0.2) is 0 Å². The molecule has 98 valence electrons. The summed E-state index contributed by atoms with van der Waals surface area (Å²) in [5.74, 6) is 0. The van der Waals surface area contributed by atoms with Crippen LogP contribution in [0.3, 0.4) is 0 Å². The van der Waals surface area contributed by atoms with Gasteiger partial charge >= 0.3 is 0 Å². The second kappa shape index (κ2) is 4.40. The molecule has 0 aromatic rings. The van der Waals surface area contributed by atoms with Crippen molar-refractivity contribution in [2.45, 2.75) is 72.6 Å². The van der Waals surface area contributed by atoms with E-state index in [9.17, 15) is 0 Å². The van der Waals surface area contributed by atoms with Gasteiger partial charge in [-0.1, -0.05) is 24.2 Å². The summed E-state index contributed by atoms with van der Waals surface area (Å²) in [5.41, 5.74) is 7.09. The van der Waals surface area contributed by atoms with Gasteiger partial charge in [0.05, 0.1) is 0 Å². The van der Waals surface area contributed by atoms with Gasteiger partial charge in [0.25, 0.3) is 0 Å². The van der Waals surface area contributed by atoms with Gasteiger partial charge in [0, 0.05) is 11.1 Å². The van der Waals surface area contributed by atoms with E-state index in [0.717, 1.165) is 0 Å². The summed E-state index contributed by atoms with van der Waals surface area (Å²) in [7, 11) is -1.48. The van der Waals surface area contributed by atoms with E-state index in [4.69, 9.17) is 0 Å². The third kappa shape index (κ3) is 2.91. The fraction of sp³-hybridized carbons (Fsp3) is 0.733. The average molecular weight is 251 g/mol. The normalized spacial score (nSPS) is 19.6. The molecule has 0 aliphatic heterocycles. The van der Waals surface area contributed by atoms with Crippen LogP contribution in [0.25, 0.3) is 0 Å². The summed E-state index contributed by atoms with van der Waals surface area (Å²) in [6.07, 6.45) is 0. The van der Waals surface area contributed by atoms with Crippen molar-refractivity contribution >= 4 is 8.24 Å². The molecule has 0 saturated heterocycles. The summed E-state index contributed by atoms with van der Waals surface area (Å²) in [4.78, 5) is 3.91. The van der Waals surface area contributed by atoms with Crippen LogP contribution in [-0.4, -0.2) is 13.8 Å². The molecule has 0 amide bonds. The lowest BCUT2D eigenvalue weighted by Crippen LogP contribution is -2.57. The molecule has 1 rings (SSSR count). The monoisotopic (exact) mass is 251 g/mol. The van der Waals surface area contributed by atoms with E-state index in [2.05, 4.69) is 66.5 Å². The van der Waals surface area contributed by atoms with Crippen molar-refractivity contribution in [3.63, 3.8) is 0 Å². The maximum atomic E-state index is 3.91. The Labute approximate surface area is 108 Å². The largest absolute Gasteiger partial charge is 0.332 e. The maximum Gasteiger partial charge on any atom is 0.131 e. The van der Waals surface area contributed by atoms with Gasteiger partial charge in [-0.2, -0.15) is 0 Å². The van der Waals surface area contributed by atoms with Crippen LogP contribution >= 0.6 is 0 Å². The second-order valence-corrected chi connectivity index (χ2v) is 11.4. The summed E-state index contributed by atoms with van der Waals surface area (Å²) in [6.45, 7) is 20.9. The van der Waals surface area contributed by atoms with Gasteiger partial charge in [-0.3, -0.25) is 0 Å². The van der Waals surface area contributed by atoms with Crippen molar-refractivity contribution in [1.82, 2.24) is 4.98 Å². The molecular formula is C15H29NSi. The summed E-state index contributed by atoms with van der Waals surface area (Å²) >= 11 is 0. The quantitative estimate of drug-likeness (QED) is 0.705. The number of rotatable bonds is 2. The fourth-order valence-electron chi connectivity index (χ4n) is 3.47. The number of hydrogen-bond donors (Lipinski definition) is 1. The third-order valence-electron chi connectivity index (χ3n) is 4.03. The van der Waals surface area contributed by atoms with Gasteiger partial charge in [0.2, 0.25) is 0 Å². The van der Waals surface area contributed by atoms with E-state index < -0.39 is 8.24 Å². The molecule has 0 bridgehead atoms. The predicted molar refractivity (Wildman–Crippen MR) is 80.9 cm³/mol. The molecule has 1 nitrogen and oxygen atoms in total. The molecule has 0 unspecified atom stereocenters. The first kappa shape index (κ1) is 14.7. The van der Waals surface area contributed by atoms with Crippen molar-refractivity contribution in [3.05, 3.63) is 22.3 Å². The first-order chi connectivity index (χ1) is 7.47. The van der Waals surface area contributed by atoms with Crippen LogP contribution in [0.15, 0.2) is 22.3 Å². The van der Waals surface area contributed by atoms with E-state index >= 15 is 0 Å². The van der Waals surface area contributed by atoms with Gasteiger partial charge in [-0.05, 0) is 59.6 Å². The van der Waals surface area contributed by atoms with Crippen LogP contribution in [0.5, 0.6) is 0 Å². The Balaban J connectivity index is 3.10. The molecule has 0 spiro atoms. The lowest BCUT2D eigenvalue weighted by atomic mass is 10.1. The molecule has 2 heteroatoms. The van der Waals surface area contributed by atoms with E-state index in [1.165, 1.54) is 11.1 Å². The van der Waals surface area contributed by atoms with E-state index in [1.54, 1.807) is 11.1 Å². The van der Waals surface area contributed by atoms with Crippen molar-refractivity contribution < 1.29 is 0 Å². The molecule has 0 heterocycles. The molecule has 0 radical (unpaired) electrons. The Kier molecular flexibility index (Phi) is 3.81. The minimum atomic E-state index is -1.48. The summed E-state index contributed by atoms with van der Waals surface area (Å²) in [5, 5.41) is 0. The highest BCUT2D eigenvalue weighted by Gasteiger charge is 2.40. The van der Waals surface area contributed by atoms with Crippen molar-refractivity contribution in [2.24, 2.45) is 0 Å². The fourth-order valence-corrected chi connectivity index (χ4v) is 8.15. The van der Waals surface area contributed by atoms with Crippen LogP contribution < -0.4 is 4.98 Å². The minimum absolute atomic E-state index is 0.209. The van der Waals surface area contributed by atoms with Crippen LogP contribution in [0.4, 0.5) is 0 Å². The zero-order valence-corrected chi connectivity index (χ0v) is 14.1. The second-order valence-electron chi connectivity index (χ2n) is 7.15. The van der Waals surface area contributed by atoms with Crippen molar-refractivity contribution in [1.29, 1.82) is 0 Å². The van der Waals surface area contributed by atoms with E-state index in [1.807, 2.05) is 0 Å². The molecular weight excluding hydrogens is 222 g/mol. The van der Waals surface area contributed by atoms with Crippen LogP contribution in [0.1, 0.15) is 48.5 Å². The van der Waals surface area contributed by atoms with Gasteiger partial charge < -0.3 is 4.98 Å². The van der Waals surface area contributed by atoms with E-state index in [-0.39, 0.29) is 5.54 Å². The Morgan fingerprint density at radius 1 is 0.882 bits per heavy atom. The molecule has 17 heavy (non-hydrogen) atoms. The highest BCUT2D eigenvalue weighted by atomic mass is 28.3. The highest BCUT2D eigenvalue weighted by molar-refractivity contribution is 6.78. The smallest absolute Gasteiger partial charge is 0.131 e. The lowest BCUT2D eigenvalue weighted by Gasteiger charge is -2.39. The summed E-state index contributed by atoms with van der Waals surface area (Å²) in [6, 6.07) is 0. The minimum Gasteiger partial charge on any atom is -0.332 e. The zero-order valence-electron chi connectivity index (χ0n) is 13.1. The average Bonchev–Trinajstić information content (AvgIpc) is 2.27. The Bertz CT molecular complexity index is 356. The number of allylic oxidation sites excluding steroid dienone is 4. The standard InChI is InChI=1S/C15H29NSi/c1-10-11(2)13(4)14(12(10)3)17(8,9)16-15(5,6)7/h14,16H,1-9H3. The maximum absolute atomic E-state index is 3.91. The Morgan fingerprint density at radius 2 is 1.24 bits per heavy atom. The van der Waals surface area contributed by atoms with Crippen LogP contribution in [0, 0.1) is 0 Å². The summed E-state index contributed by atoms with van der Waals surface area (Å²) < 4.78 is 0. The number of nitrogens with one attached hydrogen (secondary N) is 1. The molecule has 0 atom stereocenters. The molecule has 1 aliphatic rings. The van der Waals surface area contributed by atoms with Gasteiger partial charge in [-0.15, -0.1) is 0 Å². The van der Waals surface area contributed by atoms with Crippen molar-refractivity contribution in [3.8, 4) is 0 Å². The Hall–Kier alpha value is -0.343. The molecule has 0 aromatic heterocycles. The molecule has 1 aliphatic carbocycles. The zero-order chi connectivity index (χ0) is 13.6. The molecule has 1 N–H and O–H groups in total. The van der Waals surface area contributed by atoms with Gasteiger partial charge in [0.15, 0.2) is 0 Å². The SMILES string of the molecule is CC1=C(C)C([Si](C)(C)NC(C)(C)C)C(C)=C1C. The van der Waals surface area contributed by atoms with Gasteiger partial charge in [0.1, 0.15) is 8.24 Å². The van der Waals surface area contributed by atoms with E-state index in [0.29, 0.717) is 5.54 Å². The van der Waals surface area contributed by atoms with Crippen molar-refractivity contribution in [2.75, 3.05) is 0 Å². The topological polar surface area (TPSA) is 12.0 Å². The van der Waals surface area contributed by atoms with Crippen LogP contribution in [-0.2, 0) is 0 Å². The lowest BCUT2D eigenvalue weighted by molar-refractivity contribution is 0.509. The molecule has 0 fully saturated rings. The first-order valence-corrected chi connectivity index (χ1v) is 9.69. The number of hydrogen-bond acceptors (Lipinski definition) is 1. The Morgan fingerprint density at radius 3 is 1.53 bits per heavy atom. The predicted octanol–water partition coefficient (Wildman–Crippen LogP) is 4.64. The van der Waals surface area contributed by atoms with Crippen LogP contribution in [0.2, 0.25) is 18.6 Å². The first-order valence-electron chi connectivity index (χ1n) is 6.62.